The fourth-order valence-electron chi connectivity index (χ4n) is 0.873. The highest BCUT2D eigenvalue weighted by Crippen LogP contribution is 2.19. The van der Waals surface area contributed by atoms with Crippen LogP contribution in [0.4, 0.5) is 4.79 Å². The minimum absolute atomic E-state index is 0.129. The largest absolute Gasteiger partial charge is 0.341 e. The molecule has 0 saturated carbocycles. The van der Waals surface area contributed by atoms with Gasteiger partial charge in [0.1, 0.15) is 0 Å². The molecule has 5 heteroatoms. The van der Waals surface area contributed by atoms with Gasteiger partial charge in [0, 0.05) is 28.3 Å². The third kappa shape index (κ3) is 3.78. The van der Waals surface area contributed by atoms with E-state index in [1.807, 2.05) is 5.38 Å². The first-order valence-electron chi connectivity index (χ1n) is 3.91. The van der Waals surface area contributed by atoms with E-state index in [0.717, 1.165) is 10.9 Å². The highest BCUT2D eigenvalue weighted by atomic mass is 79.9. The average Bonchev–Trinajstić information content (AvgIpc) is 2.51. The second-order valence-corrected chi connectivity index (χ2v) is 4.40. The van der Waals surface area contributed by atoms with Crippen molar-refractivity contribution in [2.24, 2.45) is 0 Å². The van der Waals surface area contributed by atoms with Gasteiger partial charge in [0.05, 0.1) is 0 Å². The van der Waals surface area contributed by atoms with Crippen LogP contribution in [0.5, 0.6) is 0 Å². The molecule has 0 bridgehead atoms. The van der Waals surface area contributed by atoms with Crippen molar-refractivity contribution in [3.63, 3.8) is 0 Å². The molecule has 1 rings (SSSR count). The van der Waals surface area contributed by atoms with E-state index in [4.69, 9.17) is 0 Å². The molecule has 0 spiro atoms. The molecular weight excluding hydrogens is 252 g/mol. The van der Waals surface area contributed by atoms with Crippen LogP contribution in [0.25, 0.3) is 0 Å². The van der Waals surface area contributed by atoms with Crippen molar-refractivity contribution >= 4 is 33.3 Å². The van der Waals surface area contributed by atoms with E-state index < -0.39 is 0 Å². The molecule has 0 aromatic carbocycles. The van der Waals surface area contributed by atoms with E-state index in [0.29, 0.717) is 6.54 Å². The zero-order valence-electron chi connectivity index (χ0n) is 7.26. The van der Waals surface area contributed by atoms with Crippen molar-refractivity contribution in [1.82, 2.24) is 10.6 Å². The van der Waals surface area contributed by atoms with Gasteiger partial charge in [0.2, 0.25) is 0 Å². The van der Waals surface area contributed by atoms with Gasteiger partial charge in [-0.1, -0.05) is 0 Å². The van der Waals surface area contributed by atoms with Gasteiger partial charge in [0.25, 0.3) is 0 Å². The summed E-state index contributed by atoms with van der Waals surface area (Å²) < 4.78 is 1.10. The van der Waals surface area contributed by atoms with Gasteiger partial charge >= 0.3 is 6.03 Å². The molecule has 13 heavy (non-hydrogen) atoms. The van der Waals surface area contributed by atoms with Crippen LogP contribution in [0, 0.1) is 0 Å². The Balaban J connectivity index is 2.24. The second kappa shape index (κ2) is 5.24. The molecule has 3 nitrogen and oxygen atoms in total. The lowest BCUT2D eigenvalue weighted by Gasteiger charge is -2.01. The molecule has 2 amide bonds. The van der Waals surface area contributed by atoms with Crippen LogP contribution >= 0.6 is 27.3 Å². The van der Waals surface area contributed by atoms with Gasteiger partial charge in [-0.05, 0) is 28.4 Å². The number of halogens is 1. The summed E-state index contributed by atoms with van der Waals surface area (Å²) in [4.78, 5) is 12.0. The van der Waals surface area contributed by atoms with Crippen molar-refractivity contribution in [2.45, 2.75) is 6.42 Å². The van der Waals surface area contributed by atoms with Gasteiger partial charge in [-0.15, -0.1) is 11.3 Å². The first-order valence-corrected chi connectivity index (χ1v) is 5.58. The molecule has 0 aliphatic heterocycles. The number of amides is 2. The van der Waals surface area contributed by atoms with Crippen LogP contribution in [0.1, 0.15) is 4.88 Å². The first-order chi connectivity index (χ1) is 6.22. The van der Waals surface area contributed by atoms with E-state index in [1.54, 1.807) is 18.4 Å². The van der Waals surface area contributed by atoms with E-state index in [9.17, 15) is 4.79 Å². The normalized spacial score (nSPS) is 9.69. The molecule has 0 aliphatic carbocycles. The summed E-state index contributed by atoms with van der Waals surface area (Å²) in [5.74, 6) is 0. The van der Waals surface area contributed by atoms with Crippen molar-refractivity contribution in [2.75, 3.05) is 13.6 Å². The van der Waals surface area contributed by atoms with Gasteiger partial charge < -0.3 is 10.6 Å². The molecule has 0 aliphatic rings. The summed E-state index contributed by atoms with van der Waals surface area (Å²) >= 11 is 5.07. The summed E-state index contributed by atoms with van der Waals surface area (Å²) in [5, 5.41) is 7.27. The summed E-state index contributed by atoms with van der Waals surface area (Å²) in [6.45, 7) is 0.673. The smallest absolute Gasteiger partial charge is 0.314 e. The summed E-state index contributed by atoms with van der Waals surface area (Å²) in [5.41, 5.74) is 0. The maximum absolute atomic E-state index is 10.8. The lowest BCUT2D eigenvalue weighted by molar-refractivity contribution is 0.243. The van der Waals surface area contributed by atoms with Crippen molar-refractivity contribution in [3.05, 3.63) is 20.8 Å². The Bertz CT molecular complexity index is 287. The molecule has 0 saturated heterocycles. The van der Waals surface area contributed by atoms with E-state index in [1.165, 1.54) is 4.88 Å². The van der Waals surface area contributed by atoms with Crippen LogP contribution in [-0.2, 0) is 6.42 Å². The number of carbonyl (C=O) groups excluding carboxylic acids is 1. The summed E-state index contributed by atoms with van der Waals surface area (Å²) in [6.07, 6.45) is 0.879. The molecule has 72 valence electrons. The van der Waals surface area contributed by atoms with E-state index in [2.05, 4.69) is 32.6 Å². The predicted molar refractivity (Wildman–Crippen MR) is 58.2 cm³/mol. The molecule has 1 aromatic heterocycles. The number of nitrogens with one attached hydrogen (secondary N) is 2. The second-order valence-electron chi connectivity index (χ2n) is 2.49. The van der Waals surface area contributed by atoms with Crippen LogP contribution in [-0.4, -0.2) is 19.6 Å². The van der Waals surface area contributed by atoms with Crippen LogP contribution in [0.15, 0.2) is 15.9 Å². The lowest BCUT2D eigenvalue weighted by Crippen LogP contribution is -2.33. The van der Waals surface area contributed by atoms with Crippen LogP contribution < -0.4 is 10.6 Å². The SMILES string of the molecule is CNC(=O)NCCc1cc(Br)cs1. The highest BCUT2D eigenvalue weighted by molar-refractivity contribution is 9.10. The Hall–Kier alpha value is -0.550. The number of urea groups is 1. The maximum atomic E-state index is 10.8. The number of hydrogen-bond acceptors (Lipinski definition) is 2. The summed E-state index contributed by atoms with van der Waals surface area (Å²) in [6, 6.07) is 1.94. The fraction of sp³-hybridized carbons (Fsp3) is 0.375. The Morgan fingerprint density at radius 2 is 2.46 bits per heavy atom. The standard InChI is InChI=1S/C8H11BrN2OS/c1-10-8(12)11-3-2-7-4-6(9)5-13-7/h4-5H,2-3H2,1H3,(H2,10,11,12). The topological polar surface area (TPSA) is 41.1 Å². The number of thiophene rings is 1. The number of carbonyl (C=O) groups is 1. The Morgan fingerprint density at radius 1 is 1.69 bits per heavy atom. The molecular formula is C8H11BrN2OS. The number of hydrogen-bond donors (Lipinski definition) is 2. The quantitative estimate of drug-likeness (QED) is 0.860. The van der Waals surface area contributed by atoms with Crippen molar-refractivity contribution in [1.29, 1.82) is 0 Å². The van der Waals surface area contributed by atoms with E-state index >= 15 is 0 Å². The zero-order valence-corrected chi connectivity index (χ0v) is 9.67. The minimum atomic E-state index is -0.129. The van der Waals surface area contributed by atoms with Gasteiger partial charge in [-0.2, -0.15) is 0 Å². The molecule has 0 atom stereocenters. The molecule has 1 aromatic rings. The fourth-order valence-corrected chi connectivity index (χ4v) is 2.33. The third-order valence-electron chi connectivity index (χ3n) is 1.51. The monoisotopic (exact) mass is 262 g/mol. The van der Waals surface area contributed by atoms with Crippen LogP contribution in [0.3, 0.4) is 0 Å². The summed E-state index contributed by atoms with van der Waals surface area (Å²) in [7, 11) is 1.61. The Kier molecular flexibility index (Phi) is 4.24. The average molecular weight is 263 g/mol. The molecule has 0 unspecified atom stereocenters. The molecule has 0 radical (unpaired) electrons. The molecule has 2 N–H and O–H groups in total. The zero-order chi connectivity index (χ0) is 9.68. The first kappa shape index (κ1) is 10.5. The van der Waals surface area contributed by atoms with Crippen LogP contribution in [0.2, 0.25) is 0 Å². The van der Waals surface area contributed by atoms with E-state index in [-0.39, 0.29) is 6.03 Å². The van der Waals surface area contributed by atoms with Gasteiger partial charge in [-0.3, -0.25) is 0 Å². The molecule has 1 heterocycles. The predicted octanol–water partition coefficient (Wildman–Crippen LogP) is 1.98. The lowest BCUT2D eigenvalue weighted by atomic mass is 10.3. The minimum Gasteiger partial charge on any atom is -0.341 e. The Morgan fingerprint density at radius 3 is 3.00 bits per heavy atom. The maximum Gasteiger partial charge on any atom is 0.314 e. The Labute approximate surface area is 89.7 Å². The molecule has 0 fully saturated rings. The van der Waals surface area contributed by atoms with Gasteiger partial charge in [-0.25, -0.2) is 4.79 Å². The van der Waals surface area contributed by atoms with Gasteiger partial charge in [0.15, 0.2) is 0 Å². The highest BCUT2D eigenvalue weighted by Gasteiger charge is 1.98. The van der Waals surface area contributed by atoms with Crippen molar-refractivity contribution < 1.29 is 4.79 Å². The van der Waals surface area contributed by atoms with Crippen molar-refractivity contribution in [3.8, 4) is 0 Å². The number of rotatable bonds is 3. The third-order valence-corrected chi connectivity index (χ3v) is 3.26.